The molecule has 6 heteroatoms. The van der Waals surface area contributed by atoms with Crippen LogP contribution in [0.3, 0.4) is 0 Å². The first-order valence-electron chi connectivity index (χ1n) is 11.0. The number of fused-ring (bicyclic) bond motifs is 1. The molecule has 0 atom stereocenters. The lowest BCUT2D eigenvalue weighted by Gasteiger charge is -2.30. The van der Waals surface area contributed by atoms with Gasteiger partial charge in [-0.25, -0.2) is 4.39 Å². The summed E-state index contributed by atoms with van der Waals surface area (Å²) in [5.41, 5.74) is 1.08. The average molecular weight is 439 g/mol. The molecule has 162 valence electrons. The maximum absolute atomic E-state index is 14.2. The summed E-state index contributed by atoms with van der Waals surface area (Å²) in [6, 6.07) is 14.1. The third kappa shape index (κ3) is 5.37. The van der Waals surface area contributed by atoms with Crippen LogP contribution in [0.1, 0.15) is 50.5 Å². The molecule has 0 aromatic heterocycles. The van der Waals surface area contributed by atoms with E-state index in [-0.39, 0.29) is 30.2 Å². The van der Waals surface area contributed by atoms with Gasteiger partial charge in [-0.2, -0.15) is 0 Å². The number of rotatable bonds is 4. The molecule has 1 N–H and O–H groups in total. The first kappa shape index (κ1) is 21.6. The second-order valence-electron chi connectivity index (χ2n) is 8.10. The largest absolute Gasteiger partial charge is 0.352 e. The number of nitrogens with zero attached hydrogens (tertiary/aromatic N) is 1. The zero-order chi connectivity index (χ0) is 21.6. The van der Waals surface area contributed by atoms with E-state index < -0.39 is 0 Å². The van der Waals surface area contributed by atoms with E-state index in [9.17, 15) is 14.0 Å². The lowest BCUT2D eigenvalue weighted by molar-refractivity contribution is -0.123. The minimum atomic E-state index is -0.379. The third-order valence-corrected chi connectivity index (χ3v) is 6.87. The number of benzene rings is 2. The summed E-state index contributed by atoms with van der Waals surface area (Å²) in [6.45, 7) is -0.0402. The topological polar surface area (TPSA) is 49.4 Å². The molecule has 31 heavy (non-hydrogen) atoms. The highest BCUT2D eigenvalue weighted by Gasteiger charge is 2.31. The van der Waals surface area contributed by atoms with Crippen molar-refractivity contribution in [3.8, 4) is 0 Å². The van der Waals surface area contributed by atoms with Crippen molar-refractivity contribution in [2.24, 2.45) is 0 Å². The summed E-state index contributed by atoms with van der Waals surface area (Å²) in [5, 5.41) is 3.14. The fraction of sp³-hybridized carbons (Fsp3) is 0.360. The summed E-state index contributed by atoms with van der Waals surface area (Å²) < 4.78 is 14.2. The Balaban J connectivity index is 1.54. The molecule has 0 saturated heterocycles. The van der Waals surface area contributed by atoms with Gasteiger partial charge in [-0.3, -0.25) is 14.5 Å². The number of nitrogens with one attached hydrogen (secondary N) is 1. The molecule has 1 fully saturated rings. The van der Waals surface area contributed by atoms with Gasteiger partial charge in [0.2, 0.25) is 5.91 Å². The van der Waals surface area contributed by atoms with Crippen molar-refractivity contribution in [1.82, 2.24) is 5.32 Å². The Kier molecular flexibility index (Phi) is 7.07. The molecule has 2 aromatic rings. The Labute approximate surface area is 186 Å². The van der Waals surface area contributed by atoms with E-state index in [0.29, 0.717) is 10.5 Å². The van der Waals surface area contributed by atoms with Crippen molar-refractivity contribution in [1.29, 1.82) is 0 Å². The normalized spacial score (nSPS) is 18.9. The fourth-order valence-electron chi connectivity index (χ4n) is 4.17. The van der Waals surface area contributed by atoms with Gasteiger partial charge >= 0.3 is 0 Å². The quantitative estimate of drug-likeness (QED) is 0.638. The summed E-state index contributed by atoms with van der Waals surface area (Å²) >= 11 is 1.31. The molecule has 0 radical (unpaired) electrons. The van der Waals surface area contributed by atoms with Crippen molar-refractivity contribution in [3.05, 3.63) is 64.8 Å². The predicted octanol–water partition coefficient (Wildman–Crippen LogP) is 5.53. The molecule has 1 heterocycles. The Morgan fingerprint density at radius 2 is 1.71 bits per heavy atom. The Hall–Kier alpha value is -2.60. The number of halogens is 1. The molecule has 0 unspecified atom stereocenters. The van der Waals surface area contributed by atoms with Crippen LogP contribution in [-0.2, 0) is 9.59 Å². The van der Waals surface area contributed by atoms with Gasteiger partial charge in [0.05, 0.1) is 10.6 Å². The van der Waals surface area contributed by atoms with Gasteiger partial charge < -0.3 is 5.32 Å². The van der Waals surface area contributed by atoms with Crippen molar-refractivity contribution >= 4 is 35.3 Å². The SMILES string of the molecule is O=C(CN1C(=O)C(=Cc2ccccc2F)Sc2ccccc21)NC1CCCCCCC1. The van der Waals surface area contributed by atoms with Crippen molar-refractivity contribution in [3.63, 3.8) is 0 Å². The maximum atomic E-state index is 14.2. The minimum absolute atomic E-state index is 0.0402. The average Bonchev–Trinajstić information content (AvgIpc) is 2.74. The zero-order valence-electron chi connectivity index (χ0n) is 17.5. The number of hydrogen-bond donors (Lipinski definition) is 1. The van der Waals surface area contributed by atoms with E-state index in [1.54, 1.807) is 24.3 Å². The molecule has 0 spiro atoms. The van der Waals surface area contributed by atoms with Crippen molar-refractivity contribution in [2.45, 2.75) is 55.9 Å². The number of amides is 2. The Morgan fingerprint density at radius 3 is 2.48 bits per heavy atom. The number of carbonyl (C=O) groups is 2. The first-order valence-corrected chi connectivity index (χ1v) is 11.8. The van der Waals surface area contributed by atoms with Crippen LogP contribution in [0.5, 0.6) is 0 Å². The highest BCUT2D eigenvalue weighted by atomic mass is 32.2. The van der Waals surface area contributed by atoms with Crippen LogP contribution in [-0.4, -0.2) is 24.4 Å². The first-order chi connectivity index (χ1) is 15.1. The van der Waals surface area contributed by atoms with Crippen molar-refractivity contribution < 1.29 is 14.0 Å². The number of para-hydroxylation sites is 1. The number of carbonyl (C=O) groups excluding carboxylic acids is 2. The second-order valence-corrected chi connectivity index (χ2v) is 9.18. The highest BCUT2D eigenvalue weighted by Crippen LogP contribution is 2.42. The van der Waals surface area contributed by atoms with Gasteiger partial charge in [0.15, 0.2) is 0 Å². The highest BCUT2D eigenvalue weighted by molar-refractivity contribution is 8.04. The maximum Gasteiger partial charge on any atom is 0.265 e. The minimum Gasteiger partial charge on any atom is -0.352 e. The molecule has 2 amide bonds. The van der Waals surface area contributed by atoms with E-state index in [4.69, 9.17) is 0 Å². The van der Waals surface area contributed by atoms with Gasteiger partial charge in [-0.1, -0.05) is 74.2 Å². The standard InChI is InChI=1S/C25H27FN2O2S/c26-20-13-7-6-10-18(20)16-23-25(30)28(21-14-8-9-15-22(21)31-23)17-24(29)27-19-11-4-2-1-3-5-12-19/h6-10,13-16,19H,1-5,11-12,17H2,(H,27,29). The lowest BCUT2D eigenvalue weighted by Crippen LogP contribution is -2.45. The van der Waals surface area contributed by atoms with Crippen LogP contribution in [0.15, 0.2) is 58.3 Å². The molecule has 1 aliphatic heterocycles. The smallest absolute Gasteiger partial charge is 0.265 e. The van der Waals surface area contributed by atoms with Crippen LogP contribution in [0.4, 0.5) is 10.1 Å². The van der Waals surface area contributed by atoms with E-state index in [1.807, 2.05) is 24.3 Å². The van der Waals surface area contributed by atoms with Gasteiger partial charge in [0.25, 0.3) is 5.91 Å². The molecule has 0 bridgehead atoms. The summed E-state index contributed by atoms with van der Waals surface area (Å²) in [7, 11) is 0. The van der Waals surface area contributed by atoms with E-state index in [2.05, 4.69) is 5.32 Å². The van der Waals surface area contributed by atoms with Crippen LogP contribution in [0.25, 0.3) is 6.08 Å². The second kappa shape index (κ2) is 10.1. The molecular formula is C25H27FN2O2S. The summed E-state index contributed by atoms with van der Waals surface area (Å²) in [4.78, 5) is 28.9. The van der Waals surface area contributed by atoms with Gasteiger partial charge in [0.1, 0.15) is 12.4 Å². The molecule has 2 aliphatic rings. The van der Waals surface area contributed by atoms with Gasteiger partial charge in [-0.05, 0) is 37.1 Å². The summed E-state index contributed by atoms with van der Waals surface area (Å²) in [5.74, 6) is -0.804. The molecular weight excluding hydrogens is 411 g/mol. The Morgan fingerprint density at radius 1 is 1.03 bits per heavy atom. The Bertz CT molecular complexity index is 983. The monoisotopic (exact) mass is 438 g/mol. The summed E-state index contributed by atoms with van der Waals surface area (Å²) in [6.07, 6.45) is 9.50. The zero-order valence-corrected chi connectivity index (χ0v) is 18.3. The van der Waals surface area contributed by atoms with Crippen molar-refractivity contribution in [2.75, 3.05) is 11.4 Å². The molecule has 2 aromatic carbocycles. The predicted molar refractivity (Wildman–Crippen MR) is 123 cm³/mol. The van der Waals surface area contributed by atoms with Crippen LogP contribution in [0.2, 0.25) is 0 Å². The lowest BCUT2D eigenvalue weighted by atomic mass is 9.97. The number of anilines is 1. The fourth-order valence-corrected chi connectivity index (χ4v) is 5.22. The van der Waals surface area contributed by atoms with Gasteiger partial charge in [-0.15, -0.1) is 0 Å². The molecule has 4 rings (SSSR count). The third-order valence-electron chi connectivity index (χ3n) is 5.80. The van der Waals surface area contributed by atoms with Crippen LogP contribution in [0, 0.1) is 5.82 Å². The van der Waals surface area contributed by atoms with Crippen LogP contribution < -0.4 is 10.2 Å². The number of hydrogen-bond acceptors (Lipinski definition) is 3. The number of thioether (sulfide) groups is 1. The molecule has 1 saturated carbocycles. The molecule has 1 aliphatic carbocycles. The molecule has 4 nitrogen and oxygen atoms in total. The van der Waals surface area contributed by atoms with Gasteiger partial charge in [0, 0.05) is 16.5 Å². The van der Waals surface area contributed by atoms with E-state index >= 15 is 0 Å². The van der Waals surface area contributed by atoms with E-state index in [1.165, 1.54) is 42.0 Å². The van der Waals surface area contributed by atoms with E-state index in [0.717, 1.165) is 36.3 Å². The van der Waals surface area contributed by atoms with Crippen LogP contribution >= 0.6 is 11.8 Å².